The second-order valence-electron chi connectivity index (χ2n) is 13.2. The molecule has 2 aromatic rings. The first-order valence-corrected chi connectivity index (χ1v) is 16.2. The van der Waals surface area contributed by atoms with Crippen molar-refractivity contribution in [3.8, 4) is 17.0 Å². The molecule has 45 heavy (non-hydrogen) atoms. The number of piperazine rings is 1. The van der Waals surface area contributed by atoms with Gasteiger partial charge < -0.3 is 24.8 Å². The van der Waals surface area contributed by atoms with Crippen molar-refractivity contribution in [2.24, 2.45) is 23.2 Å². The van der Waals surface area contributed by atoms with Crippen molar-refractivity contribution in [1.82, 2.24) is 25.1 Å². The van der Waals surface area contributed by atoms with Gasteiger partial charge in [0.1, 0.15) is 16.9 Å². The lowest BCUT2D eigenvalue weighted by atomic mass is 9.71. The zero-order valence-corrected chi connectivity index (χ0v) is 26.3. The normalized spacial score (nSPS) is 27.0. The topological polar surface area (TPSA) is 90.9 Å². The maximum absolute atomic E-state index is 14.7. The lowest BCUT2D eigenvalue weighted by Gasteiger charge is -2.47. The number of hydrogen-bond donors (Lipinski definition) is 1. The van der Waals surface area contributed by atoms with Crippen LogP contribution in [0.2, 0.25) is 0 Å². The number of carbonyl (C=O) groups is 2. The van der Waals surface area contributed by atoms with Gasteiger partial charge in [-0.3, -0.25) is 14.6 Å². The Morgan fingerprint density at radius 1 is 1.16 bits per heavy atom. The average Bonchev–Trinajstić information content (AvgIpc) is 3.65. The van der Waals surface area contributed by atoms with Gasteiger partial charge >= 0.3 is 6.18 Å². The van der Waals surface area contributed by atoms with Crippen molar-refractivity contribution in [3.05, 3.63) is 36.3 Å². The van der Waals surface area contributed by atoms with Gasteiger partial charge in [-0.25, -0.2) is 4.98 Å². The van der Waals surface area contributed by atoms with E-state index in [1.165, 1.54) is 4.90 Å². The summed E-state index contributed by atoms with van der Waals surface area (Å²) >= 11 is 0. The number of pyridine rings is 2. The van der Waals surface area contributed by atoms with E-state index in [-0.39, 0.29) is 49.6 Å². The van der Waals surface area contributed by atoms with E-state index in [0.29, 0.717) is 61.0 Å². The zero-order chi connectivity index (χ0) is 31.9. The smallest absolute Gasteiger partial charge is 0.403 e. The molecule has 4 aliphatic rings. The van der Waals surface area contributed by atoms with Crippen molar-refractivity contribution in [3.63, 3.8) is 0 Å². The van der Waals surface area contributed by atoms with Gasteiger partial charge in [0.25, 0.3) is 5.91 Å². The molecule has 2 saturated heterocycles. The van der Waals surface area contributed by atoms with Crippen LogP contribution in [0.25, 0.3) is 11.3 Å². The lowest BCUT2D eigenvalue weighted by Crippen LogP contribution is -2.61. The molecule has 1 N–H and O–H groups in total. The van der Waals surface area contributed by atoms with Crippen LogP contribution in [0.15, 0.2) is 30.6 Å². The van der Waals surface area contributed by atoms with E-state index in [2.05, 4.69) is 15.2 Å². The molecule has 12 heteroatoms. The Balaban J connectivity index is 1.32. The molecule has 4 fully saturated rings. The Morgan fingerprint density at radius 2 is 1.96 bits per heavy atom. The highest BCUT2D eigenvalue weighted by Gasteiger charge is 2.70. The highest BCUT2D eigenvalue weighted by Crippen LogP contribution is 2.63. The summed E-state index contributed by atoms with van der Waals surface area (Å²) in [5.41, 5.74) is -0.311. The van der Waals surface area contributed by atoms with Crippen LogP contribution in [0, 0.1) is 23.2 Å². The van der Waals surface area contributed by atoms with Crippen molar-refractivity contribution >= 4 is 17.5 Å². The number of fused-ring (bicyclic) bond motifs is 2. The molecular formula is C33H43F3N6O3. The van der Waals surface area contributed by atoms with Gasteiger partial charge in [-0.05, 0) is 63.6 Å². The summed E-state index contributed by atoms with van der Waals surface area (Å²) in [5, 5.41) is 3.06. The third-order valence-electron chi connectivity index (χ3n) is 10.4. The molecule has 9 nitrogen and oxygen atoms in total. The zero-order valence-electron chi connectivity index (χ0n) is 26.3. The molecule has 2 aromatic heterocycles. The number of likely N-dealkylation sites (tertiary alicyclic amines) is 1. The molecule has 244 valence electrons. The molecule has 2 amide bonds. The molecule has 2 aliphatic heterocycles. The van der Waals surface area contributed by atoms with E-state index in [4.69, 9.17) is 9.72 Å². The second-order valence-corrected chi connectivity index (χ2v) is 13.2. The standard InChI is InChI=1S/C33H43F3N6O3/c1-4-25-20-41(31(44)32(33(34,35)36)15-21-8-9-24(32)13-21)11-12-42(25)26-14-27(45-5-2)28(23-7-6-10-37-17-23)39-29(26)30(43)38-16-22-18-40(3)19-22/h6-7,10,14,17,21-22,24-25H,4-5,8-9,11-13,15-16,18-20H2,1-3H3,(H,38,43)/t21?,24?,25-,32?/m1/s1. The fraction of sp³-hybridized carbons (Fsp3) is 0.636. The number of anilines is 1. The molecule has 4 heterocycles. The molecular weight excluding hydrogens is 585 g/mol. The average molecular weight is 629 g/mol. The third-order valence-corrected chi connectivity index (χ3v) is 10.4. The maximum atomic E-state index is 14.7. The minimum Gasteiger partial charge on any atom is -0.492 e. The first kappa shape index (κ1) is 31.6. The van der Waals surface area contributed by atoms with Crippen LogP contribution in [0.5, 0.6) is 5.75 Å². The quantitative estimate of drug-likeness (QED) is 0.433. The number of carbonyl (C=O) groups excluding carboxylic acids is 2. The Hall–Kier alpha value is -3.41. The number of alkyl halides is 3. The first-order chi connectivity index (χ1) is 21.6. The van der Waals surface area contributed by atoms with Crippen LogP contribution >= 0.6 is 0 Å². The van der Waals surface area contributed by atoms with Crippen molar-refractivity contribution in [2.45, 2.75) is 58.2 Å². The fourth-order valence-electron chi connectivity index (χ4n) is 8.17. The van der Waals surface area contributed by atoms with E-state index in [1.807, 2.05) is 37.9 Å². The van der Waals surface area contributed by atoms with E-state index in [1.54, 1.807) is 18.5 Å². The monoisotopic (exact) mass is 628 g/mol. The van der Waals surface area contributed by atoms with Crippen molar-refractivity contribution in [1.29, 1.82) is 0 Å². The second kappa shape index (κ2) is 12.4. The predicted octanol–water partition coefficient (Wildman–Crippen LogP) is 4.63. The molecule has 6 rings (SSSR count). The van der Waals surface area contributed by atoms with E-state index in [9.17, 15) is 22.8 Å². The Morgan fingerprint density at radius 3 is 2.56 bits per heavy atom. The molecule has 0 spiro atoms. The molecule has 0 aromatic carbocycles. The van der Waals surface area contributed by atoms with Crippen LogP contribution < -0.4 is 15.0 Å². The van der Waals surface area contributed by atoms with Crippen LogP contribution in [-0.4, -0.2) is 96.7 Å². The Kier molecular flexibility index (Phi) is 8.71. The van der Waals surface area contributed by atoms with Gasteiger partial charge in [-0.15, -0.1) is 0 Å². The highest BCUT2D eigenvalue weighted by atomic mass is 19.4. The summed E-state index contributed by atoms with van der Waals surface area (Å²) in [7, 11) is 2.04. The third kappa shape index (κ3) is 5.74. The Labute approximate surface area is 262 Å². The van der Waals surface area contributed by atoms with Gasteiger partial charge in [-0.1, -0.05) is 13.3 Å². The molecule has 4 atom stereocenters. The van der Waals surface area contributed by atoms with Gasteiger partial charge in [0, 0.05) is 75.3 Å². The summed E-state index contributed by atoms with van der Waals surface area (Å²) in [5.74, 6) is -0.928. The molecule has 2 aliphatic carbocycles. The number of nitrogens with one attached hydrogen (secondary N) is 1. The van der Waals surface area contributed by atoms with E-state index >= 15 is 0 Å². The van der Waals surface area contributed by atoms with Crippen LogP contribution in [0.4, 0.5) is 18.9 Å². The number of ether oxygens (including phenoxy) is 1. The van der Waals surface area contributed by atoms with Crippen LogP contribution in [0.1, 0.15) is 56.4 Å². The van der Waals surface area contributed by atoms with Crippen molar-refractivity contribution < 1.29 is 27.5 Å². The predicted molar refractivity (Wildman–Crippen MR) is 164 cm³/mol. The SMILES string of the molecule is CCOc1cc(N2CCN(C(=O)C3(C(F)(F)F)CC4CCC3C4)C[C@H]2CC)c(C(=O)NCC2CN(C)C2)nc1-c1cccnc1. The largest absolute Gasteiger partial charge is 0.492 e. The van der Waals surface area contributed by atoms with Crippen LogP contribution in [-0.2, 0) is 4.79 Å². The minimum absolute atomic E-state index is 0.0355. The van der Waals surface area contributed by atoms with Gasteiger partial charge in [0.2, 0.25) is 5.91 Å². The number of nitrogens with zero attached hydrogens (tertiary/aromatic N) is 5. The first-order valence-electron chi connectivity index (χ1n) is 16.2. The highest BCUT2D eigenvalue weighted by molar-refractivity contribution is 5.99. The molecule has 2 saturated carbocycles. The lowest BCUT2D eigenvalue weighted by molar-refractivity contribution is -0.241. The van der Waals surface area contributed by atoms with E-state index in [0.717, 1.165) is 19.5 Å². The molecule has 2 bridgehead atoms. The number of amides is 2. The van der Waals surface area contributed by atoms with Crippen molar-refractivity contribution in [2.75, 3.05) is 57.8 Å². The van der Waals surface area contributed by atoms with Gasteiger partial charge in [0.05, 0.1) is 12.3 Å². The number of rotatable bonds is 9. The maximum Gasteiger partial charge on any atom is 0.403 e. The summed E-state index contributed by atoms with van der Waals surface area (Å²) in [6.45, 7) is 7.07. The molecule has 3 unspecified atom stereocenters. The summed E-state index contributed by atoms with van der Waals surface area (Å²) in [4.78, 5) is 42.4. The summed E-state index contributed by atoms with van der Waals surface area (Å²) in [6.07, 6.45) is 0.921. The summed E-state index contributed by atoms with van der Waals surface area (Å²) in [6, 6.07) is 5.16. The Bertz CT molecular complexity index is 1400. The number of halogens is 3. The van der Waals surface area contributed by atoms with Gasteiger partial charge in [0.15, 0.2) is 5.69 Å². The summed E-state index contributed by atoms with van der Waals surface area (Å²) < 4.78 is 50.1. The van der Waals surface area contributed by atoms with Gasteiger partial charge in [-0.2, -0.15) is 13.2 Å². The minimum atomic E-state index is -4.58. The van der Waals surface area contributed by atoms with E-state index < -0.39 is 23.4 Å². The number of hydrogen-bond acceptors (Lipinski definition) is 7. The number of aromatic nitrogens is 2. The fourth-order valence-corrected chi connectivity index (χ4v) is 8.17. The van der Waals surface area contributed by atoms with Crippen LogP contribution in [0.3, 0.4) is 0 Å². The molecule has 0 radical (unpaired) electrons.